The average Bonchev–Trinajstić information content (AvgIpc) is 2.36. The van der Waals surface area contributed by atoms with Crippen LogP contribution in [0, 0.1) is 31.0 Å². The smallest absolute Gasteiger partial charge is 0.165 e. The lowest BCUT2D eigenvalue weighted by Crippen LogP contribution is -1.94. The summed E-state index contributed by atoms with van der Waals surface area (Å²) in [6.07, 6.45) is 0. The SMILES string of the molecule is Cc1ccc(F)c(Oc2c(C)cccc2C#N)c1. The molecule has 0 aliphatic heterocycles. The molecule has 3 heteroatoms. The molecule has 0 heterocycles. The summed E-state index contributed by atoms with van der Waals surface area (Å²) < 4.78 is 19.2. The molecular weight excluding hydrogens is 229 g/mol. The molecule has 0 aromatic heterocycles. The highest BCUT2D eigenvalue weighted by Gasteiger charge is 2.11. The summed E-state index contributed by atoms with van der Waals surface area (Å²) >= 11 is 0. The highest BCUT2D eigenvalue weighted by molar-refractivity contribution is 5.50. The van der Waals surface area contributed by atoms with Crippen LogP contribution in [0.4, 0.5) is 4.39 Å². The summed E-state index contributed by atoms with van der Waals surface area (Å²) in [5.41, 5.74) is 2.10. The molecule has 0 aliphatic rings. The van der Waals surface area contributed by atoms with Crippen molar-refractivity contribution < 1.29 is 9.13 Å². The van der Waals surface area contributed by atoms with Crippen molar-refractivity contribution in [2.24, 2.45) is 0 Å². The fraction of sp³-hybridized carbons (Fsp3) is 0.133. The highest BCUT2D eigenvalue weighted by Crippen LogP contribution is 2.30. The molecule has 0 fully saturated rings. The van der Waals surface area contributed by atoms with E-state index in [-0.39, 0.29) is 5.75 Å². The second kappa shape index (κ2) is 4.89. The number of para-hydroxylation sites is 1. The third-order valence-corrected chi connectivity index (χ3v) is 2.63. The Morgan fingerprint density at radius 3 is 2.67 bits per heavy atom. The van der Waals surface area contributed by atoms with Crippen LogP contribution >= 0.6 is 0 Å². The highest BCUT2D eigenvalue weighted by atomic mass is 19.1. The number of rotatable bonds is 2. The summed E-state index contributed by atoms with van der Waals surface area (Å²) in [7, 11) is 0. The van der Waals surface area contributed by atoms with Crippen LogP contribution in [0.1, 0.15) is 16.7 Å². The largest absolute Gasteiger partial charge is 0.453 e. The minimum atomic E-state index is -0.437. The van der Waals surface area contributed by atoms with Crippen LogP contribution in [-0.2, 0) is 0 Å². The van der Waals surface area contributed by atoms with Crippen molar-refractivity contribution in [1.82, 2.24) is 0 Å². The van der Waals surface area contributed by atoms with Crippen LogP contribution < -0.4 is 4.74 Å². The third-order valence-electron chi connectivity index (χ3n) is 2.63. The van der Waals surface area contributed by atoms with Crippen LogP contribution in [-0.4, -0.2) is 0 Å². The van der Waals surface area contributed by atoms with Crippen LogP contribution in [0.2, 0.25) is 0 Å². The minimum absolute atomic E-state index is 0.140. The molecule has 2 aromatic rings. The molecule has 2 rings (SSSR count). The quantitative estimate of drug-likeness (QED) is 0.792. The molecule has 0 bridgehead atoms. The number of ether oxygens (including phenoxy) is 1. The molecule has 0 amide bonds. The molecule has 0 spiro atoms. The number of nitriles is 1. The van der Waals surface area contributed by atoms with Gasteiger partial charge in [-0.1, -0.05) is 18.2 Å². The maximum atomic E-state index is 13.6. The molecule has 0 aliphatic carbocycles. The zero-order valence-electron chi connectivity index (χ0n) is 10.2. The van der Waals surface area contributed by atoms with Crippen molar-refractivity contribution in [2.45, 2.75) is 13.8 Å². The number of halogens is 1. The van der Waals surface area contributed by atoms with E-state index in [2.05, 4.69) is 0 Å². The van der Waals surface area contributed by atoms with Crippen LogP contribution in [0.3, 0.4) is 0 Å². The van der Waals surface area contributed by atoms with Crippen LogP contribution in [0.5, 0.6) is 11.5 Å². The molecule has 2 nitrogen and oxygen atoms in total. The first-order chi connectivity index (χ1) is 8.61. The standard InChI is InChI=1S/C15H12FNO/c1-10-6-7-13(16)14(8-10)18-15-11(2)4-3-5-12(15)9-17/h3-8H,1-2H3. The molecule has 0 saturated heterocycles. The van der Waals surface area contributed by atoms with Gasteiger partial charge >= 0.3 is 0 Å². The molecule has 0 radical (unpaired) electrons. The van der Waals surface area contributed by atoms with Crippen molar-refractivity contribution in [2.75, 3.05) is 0 Å². The van der Waals surface area contributed by atoms with E-state index in [0.29, 0.717) is 11.3 Å². The van der Waals surface area contributed by atoms with Gasteiger partial charge in [-0.05, 0) is 43.2 Å². The van der Waals surface area contributed by atoms with Gasteiger partial charge in [0.1, 0.15) is 11.8 Å². The zero-order chi connectivity index (χ0) is 13.1. The summed E-state index contributed by atoms with van der Waals surface area (Å²) in [6.45, 7) is 3.68. The van der Waals surface area contributed by atoms with Gasteiger partial charge in [-0.25, -0.2) is 4.39 Å². The van der Waals surface area contributed by atoms with E-state index in [1.54, 1.807) is 24.3 Å². The van der Waals surface area contributed by atoms with E-state index >= 15 is 0 Å². The van der Waals surface area contributed by atoms with Gasteiger partial charge in [0, 0.05) is 0 Å². The predicted octanol–water partition coefficient (Wildman–Crippen LogP) is 4.11. The van der Waals surface area contributed by atoms with Crippen molar-refractivity contribution in [1.29, 1.82) is 5.26 Å². The van der Waals surface area contributed by atoms with Gasteiger partial charge in [-0.3, -0.25) is 0 Å². The molecule has 90 valence electrons. The van der Waals surface area contributed by atoms with E-state index in [1.807, 2.05) is 26.0 Å². The van der Waals surface area contributed by atoms with Crippen molar-refractivity contribution in [3.63, 3.8) is 0 Å². The van der Waals surface area contributed by atoms with Crippen LogP contribution in [0.15, 0.2) is 36.4 Å². The molecule has 2 aromatic carbocycles. The van der Waals surface area contributed by atoms with Gasteiger partial charge in [0.25, 0.3) is 0 Å². The number of benzene rings is 2. The van der Waals surface area contributed by atoms with E-state index < -0.39 is 5.82 Å². The third kappa shape index (κ3) is 2.33. The lowest BCUT2D eigenvalue weighted by Gasteiger charge is -2.11. The van der Waals surface area contributed by atoms with Gasteiger partial charge in [0.05, 0.1) is 5.56 Å². The summed E-state index contributed by atoms with van der Waals surface area (Å²) in [6, 6.07) is 11.9. The van der Waals surface area contributed by atoms with Gasteiger partial charge in [-0.2, -0.15) is 5.26 Å². The molecule has 0 unspecified atom stereocenters. The summed E-state index contributed by atoms with van der Waals surface area (Å²) in [4.78, 5) is 0. The average molecular weight is 241 g/mol. The Labute approximate surface area is 105 Å². The Kier molecular flexibility index (Phi) is 3.29. The van der Waals surface area contributed by atoms with Gasteiger partial charge < -0.3 is 4.74 Å². The zero-order valence-corrected chi connectivity index (χ0v) is 10.2. The predicted molar refractivity (Wildman–Crippen MR) is 67.1 cm³/mol. The van der Waals surface area contributed by atoms with E-state index in [9.17, 15) is 4.39 Å². The Bertz CT molecular complexity index is 629. The minimum Gasteiger partial charge on any atom is -0.453 e. The Morgan fingerprint density at radius 1 is 1.17 bits per heavy atom. The van der Waals surface area contributed by atoms with E-state index in [1.165, 1.54) is 6.07 Å². The van der Waals surface area contributed by atoms with Gasteiger partial charge in [0.15, 0.2) is 11.6 Å². The topological polar surface area (TPSA) is 33.0 Å². The number of aryl methyl sites for hydroxylation is 2. The van der Waals surface area contributed by atoms with Gasteiger partial charge in [-0.15, -0.1) is 0 Å². The van der Waals surface area contributed by atoms with Crippen molar-refractivity contribution in [3.8, 4) is 17.6 Å². The summed E-state index contributed by atoms with van der Waals surface area (Å²) in [5.74, 6) is 0.109. The van der Waals surface area contributed by atoms with E-state index in [0.717, 1.165) is 11.1 Å². The molecular formula is C15H12FNO. The van der Waals surface area contributed by atoms with Crippen LogP contribution in [0.25, 0.3) is 0 Å². The lowest BCUT2D eigenvalue weighted by molar-refractivity contribution is 0.438. The molecule has 0 N–H and O–H groups in total. The first kappa shape index (κ1) is 12.1. The van der Waals surface area contributed by atoms with Crippen molar-refractivity contribution in [3.05, 3.63) is 58.9 Å². The Hall–Kier alpha value is -2.34. The van der Waals surface area contributed by atoms with Gasteiger partial charge in [0.2, 0.25) is 0 Å². The second-order valence-electron chi connectivity index (χ2n) is 4.10. The number of hydrogen-bond acceptors (Lipinski definition) is 2. The molecule has 18 heavy (non-hydrogen) atoms. The monoisotopic (exact) mass is 241 g/mol. The Balaban J connectivity index is 2.46. The number of hydrogen-bond donors (Lipinski definition) is 0. The molecule has 0 saturated carbocycles. The fourth-order valence-electron chi connectivity index (χ4n) is 1.67. The normalized spacial score (nSPS) is 9.89. The number of nitrogens with zero attached hydrogens (tertiary/aromatic N) is 1. The van der Waals surface area contributed by atoms with E-state index in [4.69, 9.17) is 10.00 Å². The fourth-order valence-corrected chi connectivity index (χ4v) is 1.67. The first-order valence-electron chi connectivity index (χ1n) is 5.55. The van der Waals surface area contributed by atoms with Crippen molar-refractivity contribution >= 4 is 0 Å². The summed E-state index contributed by atoms with van der Waals surface area (Å²) in [5, 5.41) is 9.02. The Morgan fingerprint density at radius 2 is 1.94 bits per heavy atom. The maximum absolute atomic E-state index is 13.6. The molecule has 0 atom stereocenters. The maximum Gasteiger partial charge on any atom is 0.165 e. The lowest BCUT2D eigenvalue weighted by atomic mass is 10.1. The first-order valence-corrected chi connectivity index (χ1v) is 5.55. The second-order valence-corrected chi connectivity index (χ2v) is 4.10.